The minimum absolute atomic E-state index is 0.00881. The first-order valence-corrected chi connectivity index (χ1v) is 7.19. The minimum Gasteiger partial charge on any atom is -0.395 e. The molecule has 0 aromatic heterocycles. The lowest BCUT2D eigenvalue weighted by atomic mass is 10.1. The van der Waals surface area contributed by atoms with Gasteiger partial charge in [0.05, 0.1) is 6.61 Å². The van der Waals surface area contributed by atoms with Crippen LogP contribution >= 0.6 is 11.6 Å². The molecule has 1 aromatic carbocycles. The fourth-order valence-electron chi connectivity index (χ4n) is 2.80. The van der Waals surface area contributed by atoms with Crippen LogP contribution in [-0.2, 0) is 0 Å². The predicted molar refractivity (Wildman–Crippen MR) is 76.6 cm³/mol. The highest BCUT2D eigenvalue weighted by atomic mass is 35.5. The normalized spacial score (nSPS) is 15.7. The summed E-state index contributed by atoms with van der Waals surface area (Å²) in [5.74, 6) is 0.00937. The molecule has 1 aliphatic carbocycles. The van der Waals surface area contributed by atoms with Crippen molar-refractivity contribution in [1.29, 1.82) is 0 Å². The Bertz CT molecular complexity index is 455. The number of aliphatic hydroxyl groups is 1. The van der Waals surface area contributed by atoms with Crippen molar-refractivity contribution in [2.24, 2.45) is 0 Å². The highest BCUT2D eigenvalue weighted by Crippen LogP contribution is 2.26. The maximum atomic E-state index is 12.6. The van der Waals surface area contributed by atoms with E-state index in [4.69, 9.17) is 11.6 Å². The first-order chi connectivity index (χ1) is 9.13. The smallest absolute Gasteiger partial charge is 0.254 e. The molecule has 104 valence electrons. The van der Waals surface area contributed by atoms with Crippen molar-refractivity contribution < 1.29 is 9.90 Å². The number of rotatable bonds is 4. The molecule has 0 radical (unpaired) electrons. The lowest BCUT2D eigenvalue weighted by Crippen LogP contribution is -2.41. The van der Waals surface area contributed by atoms with Gasteiger partial charge in [0.15, 0.2) is 0 Å². The van der Waals surface area contributed by atoms with Crippen molar-refractivity contribution in [3.8, 4) is 0 Å². The molecule has 1 fully saturated rings. The molecule has 0 bridgehead atoms. The Morgan fingerprint density at radius 1 is 1.42 bits per heavy atom. The Hall–Kier alpha value is -1.06. The molecule has 0 spiro atoms. The Morgan fingerprint density at radius 3 is 2.68 bits per heavy atom. The molecule has 0 heterocycles. The van der Waals surface area contributed by atoms with Gasteiger partial charge in [-0.2, -0.15) is 0 Å². The standard InChI is InChI=1S/C15H20ClNO2/c1-11-10-12(16)6-7-14(11)15(19)17(8-9-18)13-4-2-3-5-13/h6-7,10,13,18H,2-5,8-9H2,1H3. The monoisotopic (exact) mass is 281 g/mol. The zero-order valence-corrected chi connectivity index (χ0v) is 12.0. The summed E-state index contributed by atoms with van der Waals surface area (Å²) < 4.78 is 0. The third-order valence-corrected chi connectivity index (χ3v) is 4.02. The van der Waals surface area contributed by atoms with Gasteiger partial charge in [-0.25, -0.2) is 0 Å². The second-order valence-electron chi connectivity index (χ2n) is 5.12. The summed E-state index contributed by atoms with van der Waals surface area (Å²) >= 11 is 5.92. The number of carbonyl (C=O) groups is 1. The average Bonchev–Trinajstić information content (AvgIpc) is 2.89. The third kappa shape index (κ3) is 3.28. The molecule has 4 heteroatoms. The van der Waals surface area contributed by atoms with Crippen LogP contribution in [0, 0.1) is 6.92 Å². The zero-order valence-electron chi connectivity index (χ0n) is 11.2. The van der Waals surface area contributed by atoms with Crippen molar-refractivity contribution in [2.45, 2.75) is 38.6 Å². The molecule has 3 nitrogen and oxygen atoms in total. The van der Waals surface area contributed by atoms with Gasteiger partial charge in [0.1, 0.15) is 0 Å². The fraction of sp³-hybridized carbons (Fsp3) is 0.533. The number of carbonyl (C=O) groups excluding carboxylic acids is 1. The van der Waals surface area contributed by atoms with Gasteiger partial charge in [-0.15, -0.1) is 0 Å². The van der Waals surface area contributed by atoms with Gasteiger partial charge >= 0.3 is 0 Å². The van der Waals surface area contributed by atoms with Gasteiger partial charge in [-0.1, -0.05) is 24.4 Å². The van der Waals surface area contributed by atoms with Crippen molar-refractivity contribution in [3.05, 3.63) is 34.3 Å². The first kappa shape index (κ1) is 14.4. The van der Waals surface area contributed by atoms with E-state index in [2.05, 4.69) is 0 Å². The zero-order chi connectivity index (χ0) is 13.8. The Morgan fingerprint density at radius 2 is 2.11 bits per heavy atom. The van der Waals surface area contributed by atoms with E-state index in [9.17, 15) is 9.90 Å². The number of nitrogens with zero attached hydrogens (tertiary/aromatic N) is 1. The Balaban J connectivity index is 2.22. The van der Waals surface area contributed by atoms with Crippen LogP contribution in [0.25, 0.3) is 0 Å². The van der Waals surface area contributed by atoms with Gasteiger partial charge in [-0.05, 0) is 43.5 Å². The lowest BCUT2D eigenvalue weighted by Gasteiger charge is -2.29. The topological polar surface area (TPSA) is 40.5 Å². The van der Waals surface area contributed by atoms with Gasteiger partial charge in [0.25, 0.3) is 5.91 Å². The summed E-state index contributed by atoms with van der Waals surface area (Å²) in [6, 6.07) is 5.60. The molecule has 1 N–H and O–H groups in total. The largest absolute Gasteiger partial charge is 0.395 e. The predicted octanol–water partition coefficient (Wildman–Crippen LogP) is 3.03. The molecule has 1 saturated carbocycles. The molecule has 1 amide bonds. The van der Waals surface area contributed by atoms with Crippen LogP contribution in [0.2, 0.25) is 5.02 Å². The molecular weight excluding hydrogens is 262 g/mol. The number of hydrogen-bond donors (Lipinski definition) is 1. The molecule has 2 rings (SSSR count). The number of amides is 1. The average molecular weight is 282 g/mol. The van der Waals surface area contributed by atoms with Crippen LogP contribution in [0.4, 0.5) is 0 Å². The van der Waals surface area contributed by atoms with E-state index >= 15 is 0 Å². The van der Waals surface area contributed by atoms with E-state index < -0.39 is 0 Å². The lowest BCUT2D eigenvalue weighted by molar-refractivity contribution is 0.0637. The number of hydrogen-bond acceptors (Lipinski definition) is 2. The molecule has 0 aliphatic heterocycles. The first-order valence-electron chi connectivity index (χ1n) is 6.81. The van der Waals surface area contributed by atoms with Crippen LogP contribution in [0.15, 0.2) is 18.2 Å². The van der Waals surface area contributed by atoms with Gasteiger partial charge in [-0.3, -0.25) is 4.79 Å². The summed E-state index contributed by atoms with van der Waals surface area (Å²) in [6.07, 6.45) is 4.41. The van der Waals surface area contributed by atoms with E-state index in [0.29, 0.717) is 17.1 Å². The number of aliphatic hydroxyl groups excluding tert-OH is 1. The highest BCUT2D eigenvalue weighted by Gasteiger charge is 2.27. The SMILES string of the molecule is Cc1cc(Cl)ccc1C(=O)N(CCO)C1CCCC1. The van der Waals surface area contributed by atoms with E-state index in [1.165, 1.54) is 12.8 Å². The summed E-state index contributed by atoms with van der Waals surface area (Å²) in [4.78, 5) is 14.4. The third-order valence-electron chi connectivity index (χ3n) is 3.79. The van der Waals surface area contributed by atoms with E-state index in [1.807, 2.05) is 11.8 Å². The van der Waals surface area contributed by atoms with Gasteiger partial charge in [0.2, 0.25) is 0 Å². The summed E-state index contributed by atoms with van der Waals surface area (Å²) in [6.45, 7) is 2.31. The van der Waals surface area contributed by atoms with Crippen LogP contribution in [0.5, 0.6) is 0 Å². The molecule has 0 saturated heterocycles. The molecule has 1 aromatic rings. The molecule has 1 aliphatic rings. The Labute approximate surface area is 119 Å². The van der Waals surface area contributed by atoms with Crippen molar-refractivity contribution >= 4 is 17.5 Å². The second-order valence-corrected chi connectivity index (χ2v) is 5.56. The highest BCUT2D eigenvalue weighted by molar-refractivity contribution is 6.30. The van der Waals surface area contributed by atoms with Gasteiger partial charge in [0, 0.05) is 23.2 Å². The van der Waals surface area contributed by atoms with Crippen molar-refractivity contribution in [1.82, 2.24) is 4.90 Å². The van der Waals surface area contributed by atoms with E-state index in [0.717, 1.165) is 18.4 Å². The number of benzene rings is 1. The van der Waals surface area contributed by atoms with Crippen molar-refractivity contribution in [2.75, 3.05) is 13.2 Å². The summed E-state index contributed by atoms with van der Waals surface area (Å²) in [5.41, 5.74) is 1.57. The van der Waals surface area contributed by atoms with Crippen LogP contribution in [-0.4, -0.2) is 35.1 Å². The Kier molecular flexibility index (Phi) is 4.83. The van der Waals surface area contributed by atoms with Crippen LogP contribution < -0.4 is 0 Å². The van der Waals surface area contributed by atoms with E-state index in [1.54, 1.807) is 18.2 Å². The summed E-state index contributed by atoms with van der Waals surface area (Å²) in [7, 11) is 0. The van der Waals surface area contributed by atoms with Gasteiger partial charge < -0.3 is 10.0 Å². The molecule has 0 unspecified atom stereocenters. The second kappa shape index (κ2) is 6.40. The molecular formula is C15H20ClNO2. The molecule has 0 atom stereocenters. The van der Waals surface area contributed by atoms with Crippen LogP contribution in [0.3, 0.4) is 0 Å². The molecule has 19 heavy (non-hydrogen) atoms. The minimum atomic E-state index is 0.00881. The maximum absolute atomic E-state index is 12.6. The fourth-order valence-corrected chi connectivity index (χ4v) is 3.02. The summed E-state index contributed by atoms with van der Waals surface area (Å²) in [5, 5.41) is 9.83. The van der Waals surface area contributed by atoms with Crippen LogP contribution in [0.1, 0.15) is 41.6 Å². The van der Waals surface area contributed by atoms with Crippen molar-refractivity contribution in [3.63, 3.8) is 0 Å². The van der Waals surface area contributed by atoms with E-state index in [-0.39, 0.29) is 18.6 Å². The quantitative estimate of drug-likeness (QED) is 0.922. The number of aryl methyl sites for hydroxylation is 1. The maximum Gasteiger partial charge on any atom is 0.254 e. The number of halogens is 1.